The van der Waals surface area contributed by atoms with E-state index in [1.165, 1.54) is 0 Å². The van der Waals surface area contributed by atoms with Crippen LogP contribution in [0.15, 0.2) is 12.2 Å². The summed E-state index contributed by atoms with van der Waals surface area (Å²) in [4.78, 5) is 24.1. The standard InChI is InChI=1S/C13H20O3/c1-5-16-12(15)13(8-9(2)3)7-6-10(4)11(13)14/h10H,2,5-8H2,1,3-4H3. The van der Waals surface area contributed by atoms with E-state index in [0.717, 1.165) is 12.0 Å². The number of carbonyl (C=O) groups is 2. The van der Waals surface area contributed by atoms with Crippen molar-refractivity contribution in [2.45, 2.75) is 40.0 Å². The molecule has 1 saturated carbocycles. The van der Waals surface area contributed by atoms with Gasteiger partial charge in [-0.25, -0.2) is 0 Å². The Balaban J connectivity index is 2.98. The van der Waals surface area contributed by atoms with Gasteiger partial charge in [-0.2, -0.15) is 0 Å². The molecule has 2 unspecified atom stereocenters. The fourth-order valence-corrected chi connectivity index (χ4v) is 2.42. The van der Waals surface area contributed by atoms with Crippen molar-refractivity contribution in [1.82, 2.24) is 0 Å². The molecule has 1 aliphatic rings. The van der Waals surface area contributed by atoms with Crippen molar-refractivity contribution in [3.05, 3.63) is 12.2 Å². The topological polar surface area (TPSA) is 43.4 Å². The molecule has 0 aromatic carbocycles. The van der Waals surface area contributed by atoms with Gasteiger partial charge in [-0.1, -0.05) is 12.5 Å². The molecular formula is C13H20O3. The Kier molecular flexibility index (Phi) is 3.89. The second-order valence-electron chi connectivity index (χ2n) is 4.74. The van der Waals surface area contributed by atoms with Crippen molar-refractivity contribution in [2.75, 3.05) is 6.61 Å². The lowest BCUT2D eigenvalue weighted by atomic mass is 9.78. The summed E-state index contributed by atoms with van der Waals surface area (Å²) in [6, 6.07) is 0. The van der Waals surface area contributed by atoms with Crippen LogP contribution in [0.2, 0.25) is 0 Å². The van der Waals surface area contributed by atoms with E-state index >= 15 is 0 Å². The van der Waals surface area contributed by atoms with E-state index in [1.54, 1.807) is 6.92 Å². The molecule has 0 heterocycles. The van der Waals surface area contributed by atoms with E-state index < -0.39 is 5.41 Å². The molecule has 0 aromatic rings. The number of Topliss-reactive ketones (excluding diaryl/α,β-unsaturated/α-hetero) is 1. The fraction of sp³-hybridized carbons (Fsp3) is 0.692. The van der Waals surface area contributed by atoms with Gasteiger partial charge in [-0.15, -0.1) is 6.58 Å². The Morgan fingerprint density at radius 3 is 2.62 bits per heavy atom. The Hall–Kier alpha value is -1.12. The maximum Gasteiger partial charge on any atom is 0.319 e. The van der Waals surface area contributed by atoms with Crippen LogP contribution >= 0.6 is 0 Å². The average Bonchev–Trinajstić information content (AvgIpc) is 2.47. The number of esters is 1. The average molecular weight is 224 g/mol. The molecule has 16 heavy (non-hydrogen) atoms. The third-order valence-corrected chi connectivity index (χ3v) is 3.19. The quantitative estimate of drug-likeness (QED) is 0.418. The van der Waals surface area contributed by atoms with Crippen LogP contribution in [0, 0.1) is 11.3 Å². The van der Waals surface area contributed by atoms with Crippen LogP contribution < -0.4 is 0 Å². The van der Waals surface area contributed by atoms with Crippen LogP contribution in [-0.2, 0) is 14.3 Å². The molecule has 3 nitrogen and oxygen atoms in total. The molecule has 0 bridgehead atoms. The summed E-state index contributed by atoms with van der Waals surface area (Å²) in [6.07, 6.45) is 1.79. The van der Waals surface area contributed by atoms with Gasteiger partial charge in [-0.05, 0) is 33.1 Å². The van der Waals surface area contributed by atoms with Crippen molar-refractivity contribution in [2.24, 2.45) is 11.3 Å². The zero-order valence-corrected chi connectivity index (χ0v) is 10.3. The Labute approximate surface area is 96.9 Å². The first kappa shape index (κ1) is 12.9. The van der Waals surface area contributed by atoms with Crippen molar-refractivity contribution >= 4 is 11.8 Å². The molecule has 0 aliphatic heterocycles. The number of ether oxygens (including phenoxy) is 1. The van der Waals surface area contributed by atoms with E-state index in [9.17, 15) is 9.59 Å². The lowest BCUT2D eigenvalue weighted by Crippen LogP contribution is -2.38. The zero-order chi connectivity index (χ0) is 12.3. The van der Waals surface area contributed by atoms with Gasteiger partial charge in [0.25, 0.3) is 0 Å². The van der Waals surface area contributed by atoms with Gasteiger partial charge in [-0.3, -0.25) is 9.59 Å². The van der Waals surface area contributed by atoms with Gasteiger partial charge >= 0.3 is 5.97 Å². The monoisotopic (exact) mass is 224 g/mol. The summed E-state index contributed by atoms with van der Waals surface area (Å²) in [5, 5.41) is 0. The lowest BCUT2D eigenvalue weighted by molar-refractivity contribution is -0.159. The van der Waals surface area contributed by atoms with Gasteiger partial charge in [0.15, 0.2) is 5.78 Å². The number of hydrogen-bond acceptors (Lipinski definition) is 3. The number of hydrogen-bond donors (Lipinski definition) is 0. The molecule has 0 aromatic heterocycles. The number of ketones is 1. The predicted octanol–water partition coefficient (Wildman–Crippen LogP) is 2.50. The fourth-order valence-electron chi connectivity index (χ4n) is 2.42. The summed E-state index contributed by atoms with van der Waals surface area (Å²) in [5.74, 6) is -0.384. The predicted molar refractivity (Wildman–Crippen MR) is 61.9 cm³/mol. The zero-order valence-electron chi connectivity index (χ0n) is 10.3. The van der Waals surface area contributed by atoms with E-state index in [-0.39, 0.29) is 17.7 Å². The Bertz CT molecular complexity index is 319. The molecule has 3 heteroatoms. The van der Waals surface area contributed by atoms with Crippen molar-refractivity contribution in [3.8, 4) is 0 Å². The maximum absolute atomic E-state index is 12.1. The molecule has 1 aliphatic carbocycles. The summed E-state index contributed by atoms with van der Waals surface area (Å²) in [7, 11) is 0. The molecule has 0 amide bonds. The van der Waals surface area contributed by atoms with E-state index in [2.05, 4.69) is 6.58 Å². The van der Waals surface area contributed by atoms with Gasteiger partial charge in [0.2, 0.25) is 0 Å². The normalized spacial score (nSPS) is 29.2. The minimum atomic E-state index is -0.943. The number of rotatable bonds is 4. The van der Waals surface area contributed by atoms with E-state index in [1.807, 2.05) is 13.8 Å². The van der Waals surface area contributed by atoms with Crippen LogP contribution in [0.25, 0.3) is 0 Å². The molecule has 0 saturated heterocycles. The molecule has 0 spiro atoms. The smallest absolute Gasteiger partial charge is 0.319 e. The highest BCUT2D eigenvalue weighted by atomic mass is 16.5. The van der Waals surface area contributed by atoms with Gasteiger partial charge < -0.3 is 4.74 Å². The van der Waals surface area contributed by atoms with Crippen molar-refractivity contribution in [1.29, 1.82) is 0 Å². The Morgan fingerprint density at radius 2 is 2.25 bits per heavy atom. The first-order valence-electron chi connectivity index (χ1n) is 5.80. The lowest BCUT2D eigenvalue weighted by Gasteiger charge is -2.25. The van der Waals surface area contributed by atoms with Gasteiger partial charge in [0.05, 0.1) is 6.61 Å². The van der Waals surface area contributed by atoms with Crippen LogP contribution in [0.3, 0.4) is 0 Å². The maximum atomic E-state index is 12.1. The SMILES string of the molecule is C=C(C)CC1(C(=O)OCC)CCC(C)C1=O. The molecule has 1 fully saturated rings. The Morgan fingerprint density at radius 1 is 1.62 bits per heavy atom. The van der Waals surface area contributed by atoms with Gasteiger partial charge in [0, 0.05) is 5.92 Å². The highest BCUT2D eigenvalue weighted by molar-refractivity contribution is 6.06. The minimum Gasteiger partial charge on any atom is -0.465 e. The third kappa shape index (κ3) is 2.18. The molecule has 0 N–H and O–H groups in total. The first-order valence-corrected chi connectivity index (χ1v) is 5.80. The summed E-state index contributed by atoms with van der Waals surface area (Å²) in [6.45, 7) is 9.60. The van der Waals surface area contributed by atoms with Gasteiger partial charge in [0.1, 0.15) is 5.41 Å². The first-order chi connectivity index (χ1) is 7.44. The van der Waals surface area contributed by atoms with E-state index in [0.29, 0.717) is 19.4 Å². The second kappa shape index (κ2) is 4.81. The second-order valence-corrected chi connectivity index (χ2v) is 4.74. The number of carbonyl (C=O) groups excluding carboxylic acids is 2. The van der Waals surface area contributed by atoms with Crippen LogP contribution in [-0.4, -0.2) is 18.4 Å². The molecule has 2 atom stereocenters. The summed E-state index contributed by atoms with van der Waals surface area (Å²) in [5.41, 5.74) is -0.0862. The van der Waals surface area contributed by atoms with Crippen molar-refractivity contribution < 1.29 is 14.3 Å². The molecule has 1 rings (SSSR count). The largest absolute Gasteiger partial charge is 0.465 e. The third-order valence-electron chi connectivity index (χ3n) is 3.19. The van der Waals surface area contributed by atoms with Crippen LogP contribution in [0.5, 0.6) is 0 Å². The highest BCUT2D eigenvalue weighted by Gasteiger charge is 2.52. The van der Waals surface area contributed by atoms with Crippen molar-refractivity contribution in [3.63, 3.8) is 0 Å². The molecule has 0 radical (unpaired) electrons. The number of allylic oxidation sites excluding steroid dienone is 1. The van der Waals surface area contributed by atoms with Crippen LogP contribution in [0.1, 0.15) is 40.0 Å². The van der Waals surface area contributed by atoms with Crippen LogP contribution in [0.4, 0.5) is 0 Å². The molecular weight excluding hydrogens is 204 g/mol. The van der Waals surface area contributed by atoms with E-state index in [4.69, 9.17) is 4.74 Å². The summed E-state index contributed by atoms with van der Waals surface area (Å²) < 4.78 is 5.05. The highest BCUT2D eigenvalue weighted by Crippen LogP contribution is 2.43. The molecule has 90 valence electrons. The minimum absolute atomic E-state index is 0.0222. The summed E-state index contributed by atoms with van der Waals surface area (Å²) >= 11 is 0.